The number of aliphatic hydroxyl groups is 5. The second kappa shape index (κ2) is 12.1. The highest BCUT2D eigenvalue weighted by Crippen LogP contribution is 2.75. The number of rotatable bonds is 8. The third kappa shape index (κ3) is 5.37. The van der Waals surface area contributed by atoms with Crippen LogP contribution in [0.2, 0.25) is 0 Å². The fourth-order valence-electron chi connectivity index (χ4n) is 12.1. The van der Waals surface area contributed by atoms with Gasteiger partial charge in [0, 0.05) is 0 Å². The maximum Gasteiger partial charge on any atom is 0.186 e. The molecule has 5 aliphatic rings. The van der Waals surface area contributed by atoms with Crippen LogP contribution in [0.15, 0.2) is 0 Å². The highest BCUT2D eigenvalue weighted by molar-refractivity contribution is 5.19. The molecule has 1 aliphatic heterocycles. The third-order valence-electron chi connectivity index (χ3n) is 14.7. The fraction of sp³-hybridized carbons (Fsp3) is 1.00. The molecule has 4 saturated carbocycles. The van der Waals surface area contributed by atoms with Gasteiger partial charge in [0.05, 0.1) is 18.8 Å². The first kappa shape index (κ1) is 34.1. The minimum absolute atomic E-state index is 0.0572. The van der Waals surface area contributed by atoms with E-state index >= 15 is 0 Å². The minimum atomic E-state index is -1.44. The summed E-state index contributed by atoms with van der Waals surface area (Å²) >= 11 is 0. The van der Waals surface area contributed by atoms with E-state index in [1.807, 2.05) is 0 Å². The Labute approximate surface area is 261 Å². The van der Waals surface area contributed by atoms with Crippen molar-refractivity contribution in [1.82, 2.24) is 0 Å². The number of hydrogen-bond acceptors (Lipinski definition) is 7. The number of aliphatic hydroxyl groups excluding tert-OH is 5. The van der Waals surface area contributed by atoms with Gasteiger partial charge in [-0.15, -0.1) is 0 Å². The monoisotopic (exact) mass is 608 g/mol. The number of hydrogen-bond donors (Lipinski definition) is 5. The SMILES string of the molecule is CC(C)CCC[C@@H](C)[C@H]1CC[C@]2(C)[C@@H]1[C@H](O)C[C@@H]1[C@@]3(C)CC[C@H](O[C@@H]4O[C@H](CO)[C@@H](O)[C@H](O)[C@H]4O)C(C)(C)[C@@H]3CC[C@]12C. The van der Waals surface area contributed by atoms with E-state index in [0.29, 0.717) is 29.6 Å². The molecule has 15 atom stereocenters. The number of fused-ring (bicyclic) bond motifs is 5. The molecule has 0 radical (unpaired) electrons. The van der Waals surface area contributed by atoms with Crippen LogP contribution in [0.4, 0.5) is 0 Å². The molecule has 0 aromatic heterocycles. The van der Waals surface area contributed by atoms with E-state index in [4.69, 9.17) is 9.47 Å². The summed E-state index contributed by atoms with van der Waals surface area (Å²) in [6, 6.07) is 0. The Hall–Kier alpha value is -0.280. The van der Waals surface area contributed by atoms with Crippen LogP contribution in [-0.2, 0) is 9.47 Å². The van der Waals surface area contributed by atoms with Crippen molar-refractivity contribution in [2.45, 2.75) is 163 Å². The smallest absolute Gasteiger partial charge is 0.186 e. The molecule has 0 aromatic rings. The summed E-state index contributed by atoms with van der Waals surface area (Å²) in [6.45, 7) is 18.8. The molecule has 0 unspecified atom stereocenters. The van der Waals surface area contributed by atoms with E-state index in [1.165, 1.54) is 32.1 Å². The van der Waals surface area contributed by atoms with Gasteiger partial charge in [0.2, 0.25) is 0 Å². The quantitative estimate of drug-likeness (QED) is 0.238. The summed E-state index contributed by atoms with van der Waals surface area (Å²) in [5, 5.41) is 53.0. The predicted octanol–water partition coefficient (Wildman–Crippen LogP) is 5.29. The van der Waals surface area contributed by atoms with Gasteiger partial charge in [-0.3, -0.25) is 0 Å². The van der Waals surface area contributed by atoms with E-state index in [0.717, 1.165) is 38.0 Å². The van der Waals surface area contributed by atoms with Crippen molar-refractivity contribution >= 4 is 0 Å². The summed E-state index contributed by atoms with van der Waals surface area (Å²) in [6.07, 6.45) is 4.48. The van der Waals surface area contributed by atoms with Crippen molar-refractivity contribution in [3.8, 4) is 0 Å². The summed E-state index contributed by atoms with van der Waals surface area (Å²) in [5.74, 6) is 3.19. The molecule has 0 aromatic carbocycles. The zero-order valence-corrected chi connectivity index (χ0v) is 28.3. The molecule has 1 saturated heterocycles. The van der Waals surface area contributed by atoms with Crippen LogP contribution >= 0.6 is 0 Å². The molecular formula is C36H64O7. The first-order valence-electron chi connectivity index (χ1n) is 17.7. The van der Waals surface area contributed by atoms with Crippen molar-refractivity contribution in [3.63, 3.8) is 0 Å². The molecule has 0 spiro atoms. The molecule has 0 amide bonds. The average Bonchev–Trinajstić information content (AvgIpc) is 3.31. The van der Waals surface area contributed by atoms with Crippen LogP contribution in [0.1, 0.15) is 120 Å². The lowest BCUT2D eigenvalue weighted by molar-refractivity contribution is -0.331. The molecule has 1 heterocycles. The summed E-state index contributed by atoms with van der Waals surface area (Å²) < 4.78 is 12.2. The third-order valence-corrected chi connectivity index (χ3v) is 14.7. The summed E-state index contributed by atoms with van der Waals surface area (Å²) in [5.41, 5.74) is 0.143. The second-order valence-corrected chi connectivity index (χ2v) is 17.5. The van der Waals surface area contributed by atoms with Gasteiger partial charge in [-0.25, -0.2) is 0 Å². The Morgan fingerprint density at radius 2 is 1.47 bits per heavy atom. The van der Waals surface area contributed by atoms with Crippen molar-refractivity contribution < 1.29 is 35.0 Å². The van der Waals surface area contributed by atoms with E-state index in [9.17, 15) is 25.5 Å². The maximum atomic E-state index is 12.0. The van der Waals surface area contributed by atoms with Gasteiger partial charge >= 0.3 is 0 Å². The van der Waals surface area contributed by atoms with Gasteiger partial charge in [-0.2, -0.15) is 0 Å². The minimum Gasteiger partial charge on any atom is -0.394 e. The van der Waals surface area contributed by atoms with E-state index in [2.05, 4.69) is 55.4 Å². The van der Waals surface area contributed by atoms with Crippen molar-refractivity contribution in [3.05, 3.63) is 0 Å². The second-order valence-electron chi connectivity index (χ2n) is 17.5. The molecule has 0 bridgehead atoms. The highest BCUT2D eigenvalue weighted by Gasteiger charge is 2.70. The Balaban J connectivity index is 1.35. The van der Waals surface area contributed by atoms with Crippen molar-refractivity contribution in [2.75, 3.05) is 6.61 Å². The van der Waals surface area contributed by atoms with Crippen molar-refractivity contribution in [1.29, 1.82) is 0 Å². The Bertz CT molecular complexity index is 969. The number of ether oxygens (including phenoxy) is 2. The van der Waals surface area contributed by atoms with Gasteiger partial charge in [-0.05, 0) is 102 Å². The maximum absolute atomic E-state index is 12.0. The lowest BCUT2D eigenvalue weighted by atomic mass is 9.35. The van der Waals surface area contributed by atoms with Gasteiger partial charge < -0.3 is 35.0 Å². The molecule has 7 heteroatoms. The molecule has 5 rings (SSSR count). The molecule has 43 heavy (non-hydrogen) atoms. The zero-order valence-electron chi connectivity index (χ0n) is 28.3. The summed E-state index contributed by atoms with van der Waals surface area (Å²) in [4.78, 5) is 0. The summed E-state index contributed by atoms with van der Waals surface area (Å²) in [7, 11) is 0. The highest BCUT2D eigenvalue weighted by atomic mass is 16.7. The topological polar surface area (TPSA) is 120 Å². The molecule has 7 nitrogen and oxygen atoms in total. The van der Waals surface area contributed by atoms with Gasteiger partial charge in [0.25, 0.3) is 0 Å². The first-order valence-corrected chi connectivity index (χ1v) is 17.7. The predicted molar refractivity (Wildman–Crippen MR) is 167 cm³/mol. The Morgan fingerprint density at radius 3 is 2.12 bits per heavy atom. The van der Waals surface area contributed by atoms with Crippen LogP contribution in [0, 0.1) is 57.2 Å². The van der Waals surface area contributed by atoms with E-state index < -0.39 is 37.3 Å². The van der Waals surface area contributed by atoms with Gasteiger partial charge in [0.15, 0.2) is 6.29 Å². The molecule has 5 N–H and O–H groups in total. The average molecular weight is 609 g/mol. The molecule has 250 valence electrons. The van der Waals surface area contributed by atoms with Crippen molar-refractivity contribution in [2.24, 2.45) is 57.2 Å². The lowest BCUT2D eigenvalue weighted by Gasteiger charge is -2.70. The van der Waals surface area contributed by atoms with Crippen LogP contribution < -0.4 is 0 Å². The van der Waals surface area contributed by atoms with E-state index in [1.54, 1.807) is 0 Å². The standard InChI is InChI=1S/C36H64O7/c1-20(2)10-9-11-21(3)22-12-16-36(8)28(22)23(38)18-26-34(6)15-14-27(33(4,5)25(34)13-17-35(26,36)7)43-32-31(41)30(40)29(39)24(19-37)42-32/h20-32,37-41H,9-19H2,1-8H3/t21-,22-,23-,24-,25+,26-,27+,28+,29-,30+,31-,32+,34+,35-,36-/m1/s1. The van der Waals surface area contributed by atoms with Crippen LogP contribution in [0.5, 0.6) is 0 Å². The lowest BCUT2D eigenvalue weighted by Crippen LogP contribution is -2.67. The zero-order chi connectivity index (χ0) is 31.7. The van der Waals surface area contributed by atoms with E-state index in [-0.39, 0.29) is 33.9 Å². The van der Waals surface area contributed by atoms with Crippen LogP contribution in [0.3, 0.4) is 0 Å². The normalized spacial score (nSPS) is 51.9. The van der Waals surface area contributed by atoms with Crippen LogP contribution in [0.25, 0.3) is 0 Å². The molecule has 5 fully saturated rings. The molecule has 4 aliphatic carbocycles. The van der Waals surface area contributed by atoms with Gasteiger partial charge in [-0.1, -0.05) is 74.7 Å². The Kier molecular flexibility index (Phi) is 9.56. The Morgan fingerprint density at radius 1 is 0.791 bits per heavy atom. The largest absolute Gasteiger partial charge is 0.394 e. The first-order chi connectivity index (χ1) is 20.0. The molecular weight excluding hydrogens is 544 g/mol. The fourth-order valence-corrected chi connectivity index (χ4v) is 12.1. The van der Waals surface area contributed by atoms with Gasteiger partial charge in [0.1, 0.15) is 24.4 Å². The van der Waals surface area contributed by atoms with Crippen LogP contribution in [-0.4, -0.2) is 75.1 Å².